The predicted molar refractivity (Wildman–Crippen MR) is 81.0 cm³/mol. The number of fused-ring (bicyclic) bond motifs is 1. The summed E-state index contributed by atoms with van der Waals surface area (Å²) in [5, 5.41) is 3.25. The van der Waals surface area contributed by atoms with Gasteiger partial charge in [-0.05, 0) is 32.9 Å². The van der Waals surface area contributed by atoms with Crippen LogP contribution in [0.2, 0.25) is 0 Å². The van der Waals surface area contributed by atoms with Crippen LogP contribution in [0.1, 0.15) is 17.1 Å². The molecule has 0 unspecified atom stereocenters. The Morgan fingerprint density at radius 2 is 1.95 bits per heavy atom. The Morgan fingerprint density at radius 3 is 2.71 bits per heavy atom. The van der Waals surface area contributed by atoms with Gasteiger partial charge in [0.05, 0.1) is 5.52 Å². The quantitative estimate of drug-likeness (QED) is 0.783. The maximum Gasteiger partial charge on any atom is 0.419 e. The van der Waals surface area contributed by atoms with Crippen LogP contribution in [0.25, 0.3) is 11.1 Å². The molecule has 108 valence electrons. The standard InChI is InChI=1S/C15H16N4O2/c1-8-9(2)16-10(3)17-14(8)18-11-5-6-12-13(7-11)21-15(20)19(12)4/h5-7H,1-4H3,(H,16,17,18). The lowest BCUT2D eigenvalue weighted by Crippen LogP contribution is -2.08. The van der Waals surface area contributed by atoms with E-state index in [4.69, 9.17) is 4.42 Å². The molecule has 3 rings (SSSR count). The van der Waals surface area contributed by atoms with Crippen molar-refractivity contribution in [3.05, 3.63) is 45.8 Å². The third-order valence-corrected chi connectivity index (χ3v) is 3.56. The molecule has 0 aliphatic heterocycles. The summed E-state index contributed by atoms with van der Waals surface area (Å²) < 4.78 is 6.66. The van der Waals surface area contributed by atoms with Crippen LogP contribution in [0.15, 0.2) is 27.4 Å². The fraction of sp³-hybridized carbons (Fsp3) is 0.267. The van der Waals surface area contributed by atoms with E-state index in [1.807, 2.05) is 32.9 Å². The first-order valence-corrected chi connectivity index (χ1v) is 6.64. The van der Waals surface area contributed by atoms with E-state index in [0.29, 0.717) is 11.4 Å². The van der Waals surface area contributed by atoms with Crippen LogP contribution >= 0.6 is 0 Å². The second-order valence-electron chi connectivity index (χ2n) is 5.06. The molecule has 0 saturated heterocycles. The molecule has 0 bridgehead atoms. The first-order chi connectivity index (χ1) is 9.95. The van der Waals surface area contributed by atoms with Gasteiger partial charge in [-0.25, -0.2) is 14.8 Å². The molecule has 1 aromatic carbocycles. The minimum absolute atomic E-state index is 0.368. The highest BCUT2D eigenvalue weighted by Gasteiger charge is 2.09. The Balaban J connectivity index is 2.04. The van der Waals surface area contributed by atoms with Gasteiger partial charge in [0.25, 0.3) is 0 Å². The highest BCUT2D eigenvalue weighted by Crippen LogP contribution is 2.23. The summed E-state index contributed by atoms with van der Waals surface area (Å²) in [7, 11) is 1.68. The molecule has 3 aromatic rings. The van der Waals surface area contributed by atoms with Crippen LogP contribution in [-0.2, 0) is 7.05 Å². The van der Waals surface area contributed by atoms with E-state index in [2.05, 4.69) is 15.3 Å². The van der Waals surface area contributed by atoms with Gasteiger partial charge in [0.1, 0.15) is 11.6 Å². The number of hydrogen-bond donors (Lipinski definition) is 1. The van der Waals surface area contributed by atoms with Crippen molar-refractivity contribution in [1.82, 2.24) is 14.5 Å². The summed E-state index contributed by atoms with van der Waals surface area (Å²) in [6, 6.07) is 5.53. The van der Waals surface area contributed by atoms with Crippen molar-refractivity contribution in [2.24, 2.45) is 7.05 Å². The van der Waals surface area contributed by atoms with Gasteiger partial charge in [0.15, 0.2) is 5.58 Å². The zero-order chi connectivity index (χ0) is 15.1. The van der Waals surface area contributed by atoms with Gasteiger partial charge in [0.2, 0.25) is 0 Å². The zero-order valence-corrected chi connectivity index (χ0v) is 12.4. The number of nitrogens with zero attached hydrogens (tertiary/aromatic N) is 3. The molecular weight excluding hydrogens is 268 g/mol. The Labute approximate surface area is 121 Å². The zero-order valence-electron chi connectivity index (χ0n) is 12.4. The van der Waals surface area contributed by atoms with E-state index in [1.54, 1.807) is 13.1 Å². The summed E-state index contributed by atoms with van der Waals surface area (Å²) in [5.74, 6) is 1.11. The van der Waals surface area contributed by atoms with Crippen molar-refractivity contribution < 1.29 is 4.42 Å². The first-order valence-electron chi connectivity index (χ1n) is 6.64. The maximum atomic E-state index is 11.5. The second kappa shape index (κ2) is 4.73. The van der Waals surface area contributed by atoms with Crippen LogP contribution in [0.5, 0.6) is 0 Å². The maximum absolute atomic E-state index is 11.5. The Hall–Kier alpha value is -2.63. The van der Waals surface area contributed by atoms with Gasteiger partial charge < -0.3 is 9.73 Å². The number of oxazole rings is 1. The minimum Gasteiger partial charge on any atom is -0.408 e. The Kier molecular flexibility index (Phi) is 3.01. The Morgan fingerprint density at radius 1 is 1.19 bits per heavy atom. The van der Waals surface area contributed by atoms with Gasteiger partial charge in [-0.2, -0.15) is 0 Å². The van der Waals surface area contributed by atoms with Gasteiger partial charge in [-0.1, -0.05) is 0 Å². The van der Waals surface area contributed by atoms with Gasteiger partial charge in [0, 0.05) is 30.1 Å². The van der Waals surface area contributed by atoms with Crippen molar-refractivity contribution in [3.63, 3.8) is 0 Å². The summed E-state index contributed by atoms with van der Waals surface area (Å²) >= 11 is 0. The lowest BCUT2D eigenvalue weighted by atomic mass is 10.2. The van der Waals surface area contributed by atoms with Crippen molar-refractivity contribution in [2.45, 2.75) is 20.8 Å². The molecular formula is C15H16N4O2. The smallest absolute Gasteiger partial charge is 0.408 e. The third kappa shape index (κ3) is 2.29. The first kappa shape index (κ1) is 13.4. The second-order valence-corrected chi connectivity index (χ2v) is 5.06. The number of benzene rings is 1. The van der Waals surface area contributed by atoms with E-state index < -0.39 is 0 Å². The average Bonchev–Trinajstić information content (AvgIpc) is 2.70. The van der Waals surface area contributed by atoms with Crippen LogP contribution < -0.4 is 11.1 Å². The molecule has 0 fully saturated rings. The van der Waals surface area contributed by atoms with E-state index in [0.717, 1.165) is 28.3 Å². The fourth-order valence-electron chi connectivity index (χ4n) is 2.24. The molecule has 0 amide bonds. The van der Waals surface area contributed by atoms with Crippen molar-refractivity contribution in [3.8, 4) is 0 Å². The molecule has 21 heavy (non-hydrogen) atoms. The van der Waals surface area contributed by atoms with Crippen LogP contribution in [0, 0.1) is 20.8 Å². The summed E-state index contributed by atoms with van der Waals surface area (Å²) in [6.45, 7) is 5.78. The molecule has 0 spiro atoms. The highest BCUT2D eigenvalue weighted by atomic mass is 16.4. The lowest BCUT2D eigenvalue weighted by molar-refractivity contribution is 0.528. The van der Waals surface area contributed by atoms with Gasteiger partial charge in [-0.3, -0.25) is 4.57 Å². The molecule has 1 N–H and O–H groups in total. The lowest BCUT2D eigenvalue weighted by Gasteiger charge is -2.11. The van der Waals surface area contributed by atoms with E-state index in [9.17, 15) is 4.79 Å². The number of nitrogens with one attached hydrogen (secondary N) is 1. The van der Waals surface area contributed by atoms with Crippen LogP contribution in [-0.4, -0.2) is 14.5 Å². The van der Waals surface area contributed by atoms with Crippen molar-refractivity contribution in [2.75, 3.05) is 5.32 Å². The van der Waals surface area contributed by atoms with Crippen molar-refractivity contribution >= 4 is 22.6 Å². The van der Waals surface area contributed by atoms with Gasteiger partial charge in [-0.15, -0.1) is 0 Å². The van der Waals surface area contributed by atoms with E-state index in [-0.39, 0.29) is 5.76 Å². The minimum atomic E-state index is -0.368. The largest absolute Gasteiger partial charge is 0.419 e. The highest BCUT2D eigenvalue weighted by molar-refractivity contribution is 5.79. The summed E-state index contributed by atoms with van der Waals surface area (Å²) in [6.07, 6.45) is 0. The number of rotatable bonds is 2. The number of aromatic nitrogens is 3. The van der Waals surface area contributed by atoms with Crippen LogP contribution in [0.4, 0.5) is 11.5 Å². The molecule has 0 aliphatic carbocycles. The predicted octanol–water partition coefficient (Wildman–Crippen LogP) is 2.59. The average molecular weight is 284 g/mol. The molecule has 2 heterocycles. The SMILES string of the molecule is Cc1nc(C)c(C)c(Nc2ccc3c(c2)oc(=O)n3C)n1. The normalized spacial score (nSPS) is 11.0. The molecule has 6 nitrogen and oxygen atoms in total. The monoisotopic (exact) mass is 284 g/mol. The summed E-state index contributed by atoms with van der Waals surface area (Å²) in [5.41, 5.74) is 4.06. The molecule has 0 atom stereocenters. The fourth-order valence-corrected chi connectivity index (χ4v) is 2.24. The topological polar surface area (TPSA) is 73.0 Å². The number of hydrogen-bond acceptors (Lipinski definition) is 5. The van der Waals surface area contributed by atoms with Crippen molar-refractivity contribution in [1.29, 1.82) is 0 Å². The van der Waals surface area contributed by atoms with Gasteiger partial charge >= 0.3 is 5.76 Å². The molecule has 0 saturated carbocycles. The molecule has 0 radical (unpaired) electrons. The van der Waals surface area contributed by atoms with Crippen LogP contribution in [0.3, 0.4) is 0 Å². The van der Waals surface area contributed by atoms with E-state index in [1.165, 1.54) is 4.57 Å². The Bertz CT molecular complexity index is 893. The summed E-state index contributed by atoms with van der Waals surface area (Å²) in [4.78, 5) is 20.2. The molecule has 2 aromatic heterocycles. The number of aryl methyl sites for hydroxylation is 3. The third-order valence-electron chi connectivity index (χ3n) is 3.56. The van der Waals surface area contributed by atoms with E-state index >= 15 is 0 Å². The molecule has 6 heteroatoms. The molecule has 0 aliphatic rings. The number of anilines is 2.